The molecule has 1 heterocycles. The van der Waals surface area contributed by atoms with E-state index in [0.717, 1.165) is 0 Å². The Labute approximate surface area is 106 Å². The van der Waals surface area contributed by atoms with Crippen molar-refractivity contribution in [3.8, 4) is 6.07 Å². The molecule has 6 heteroatoms. The van der Waals surface area contributed by atoms with Gasteiger partial charge in [-0.15, -0.1) is 0 Å². The lowest BCUT2D eigenvalue weighted by atomic mass is 9.88. The largest absolute Gasteiger partial charge is 0.361 e. The van der Waals surface area contributed by atoms with E-state index in [1.807, 2.05) is 33.8 Å². The molecule has 0 saturated carbocycles. The summed E-state index contributed by atoms with van der Waals surface area (Å²) in [6.45, 7) is 8.02. The van der Waals surface area contributed by atoms with Crippen LogP contribution in [-0.2, 0) is 0 Å². The SMILES string of the molecule is CC(Nc1ncc(C#N)cc1[N+](=O)[O-])C(C)(C)C. The summed E-state index contributed by atoms with van der Waals surface area (Å²) < 4.78 is 0. The molecule has 0 saturated heterocycles. The van der Waals surface area contributed by atoms with E-state index in [2.05, 4.69) is 10.3 Å². The molecule has 0 aromatic carbocycles. The van der Waals surface area contributed by atoms with Crippen LogP contribution in [0.15, 0.2) is 12.3 Å². The van der Waals surface area contributed by atoms with Gasteiger partial charge in [0, 0.05) is 18.3 Å². The van der Waals surface area contributed by atoms with Gasteiger partial charge in [-0.25, -0.2) is 4.98 Å². The molecule has 18 heavy (non-hydrogen) atoms. The van der Waals surface area contributed by atoms with E-state index in [1.54, 1.807) is 0 Å². The first-order chi connectivity index (χ1) is 8.25. The monoisotopic (exact) mass is 248 g/mol. The summed E-state index contributed by atoms with van der Waals surface area (Å²) in [5.74, 6) is 0.196. The van der Waals surface area contributed by atoms with Crippen molar-refractivity contribution in [2.75, 3.05) is 5.32 Å². The Morgan fingerprint density at radius 3 is 2.61 bits per heavy atom. The van der Waals surface area contributed by atoms with Gasteiger partial charge in [0.1, 0.15) is 6.07 Å². The van der Waals surface area contributed by atoms with Crippen LogP contribution in [0.25, 0.3) is 0 Å². The molecule has 1 rings (SSSR count). The van der Waals surface area contributed by atoms with Crippen LogP contribution in [0.4, 0.5) is 11.5 Å². The number of nitriles is 1. The van der Waals surface area contributed by atoms with E-state index >= 15 is 0 Å². The Morgan fingerprint density at radius 2 is 2.17 bits per heavy atom. The molecule has 0 aliphatic carbocycles. The van der Waals surface area contributed by atoms with Gasteiger partial charge in [0.25, 0.3) is 0 Å². The summed E-state index contributed by atoms with van der Waals surface area (Å²) >= 11 is 0. The average molecular weight is 248 g/mol. The van der Waals surface area contributed by atoms with Crippen LogP contribution in [0.1, 0.15) is 33.3 Å². The minimum absolute atomic E-state index is 0.0108. The highest BCUT2D eigenvalue weighted by atomic mass is 16.6. The smallest absolute Gasteiger partial charge is 0.312 e. The number of nitrogens with one attached hydrogen (secondary N) is 1. The molecule has 0 aliphatic rings. The molecule has 1 N–H and O–H groups in total. The second-order valence-electron chi connectivity index (χ2n) is 5.19. The Balaban J connectivity index is 3.10. The van der Waals surface area contributed by atoms with Crippen molar-refractivity contribution in [2.45, 2.75) is 33.7 Å². The van der Waals surface area contributed by atoms with Crippen molar-refractivity contribution in [1.29, 1.82) is 5.26 Å². The van der Waals surface area contributed by atoms with Crippen molar-refractivity contribution in [1.82, 2.24) is 4.98 Å². The van der Waals surface area contributed by atoms with Crippen LogP contribution in [0, 0.1) is 26.9 Å². The van der Waals surface area contributed by atoms with Crippen LogP contribution < -0.4 is 5.32 Å². The first-order valence-electron chi connectivity index (χ1n) is 5.56. The van der Waals surface area contributed by atoms with Crippen molar-refractivity contribution >= 4 is 11.5 Å². The van der Waals surface area contributed by atoms with E-state index in [0.29, 0.717) is 0 Å². The molecule has 0 radical (unpaired) electrons. The average Bonchev–Trinajstić information content (AvgIpc) is 2.27. The van der Waals surface area contributed by atoms with Gasteiger partial charge in [0.2, 0.25) is 5.82 Å². The molecule has 1 aromatic heterocycles. The molecule has 96 valence electrons. The summed E-state index contributed by atoms with van der Waals surface area (Å²) in [6.07, 6.45) is 1.32. The second-order valence-corrected chi connectivity index (χ2v) is 5.19. The molecule has 1 aromatic rings. The minimum Gasteiger partial charge on any atom is -0.361 e. The van der Waals surface area contributed by atoms with Gasteiger partial charge < -0.3 is 5.32 Å². The topological polar surface area (TPSA) is 91.8 Å². The quantitative estimate of drug-likeness (QED) is 0.655. The molecule has 0 bridgehead atoms. The van der Waals surface area contributed by atoms with E-state index in [4.69, 9.17) is 5.26 Å². The maximum atomic E-state index is 10.9. The number of pyridine rings is 1. The summed E-state index contributed by atoms with van der Waals surface area (Å²) in [4.78, 5) is 14.4. The van der Waals surface area contributed by atoms with Gasteiger partial charge in [-0.1, -0.05) is 20.8 Å². The van der Waals surface area contributed by atoms with Crippen molar-refractivity contribution in [2.24, 2.45) is 5.41 Å². The van der Waals surface area contributed by atoms with Crippen LogP contribution >= 0.6 is 0 Å². The fourth-order valence-corrected chi connectivity index (χ4v) is 1.19. The van der Waals surface area contributed by atoms with Gasteiger partial charge in [-0.2, -0.15) is 5.26 Å². The number of anilines is 1. The second kappa shape index (κ2) is 5.00. The minimum atomic E-state index is -0.536. The lowest BCUT2D eigenvalue weighted by Gasteiger charge is -2.28. The molecule has 1 unspecified atom stereocenters. The van der Waals surface area contributed by atoms with Crippen molar-refractivity contribution in [3.05, 3.63) is 27.9 Å². The lowest BCUT2D eigenvalue weighted by molar-refractivity contribution is -0.384. The predicted octanol–water partition coefficient (Wildman–Crippen LogP) is 2.71. The van der Waals surface area contributed by atoms with Gasteiger partial charge in [0.15, 0.2) is 0 Å². The first-order valence-corrected chi connectivity index (χ1v) is 5.56. The zero-order valence-electron chi connectivity index (χ0n) is 10.9. The lowest BCUT2D eigenvalue weighted by Crippen LogP contribution is -2.31. The molecule has 1 atom stereocenters. The molecular formula is C12H16N4O2. The number of nitro groups is 1. The summed E-state index contributed by atoms with van der Waals surface area (Å²) in [7, 11) is 0. The molecular weight excluding hydrogens is 232 g/mol. The van der Waals surface area contributed by atoms with E-state index < -0.39 is 4.92 Å². The zero-order valence-corrected chi connectivity index (χ0v) is 10.9. The van der Waals surface area contributed by atoms with Gasteiger partial charge in [-0.3, -0.25) is 10.1 Å². The Kier molecular flexibility index (Phi) is 3.86. The van der Waals surface area contributed by atoms with Crippen molar-refractivity contribution < 1.29 is 4.92 Å². The number of aromatic nitrogens is 1. The molecule has 0 spiro atoms. The maximum Gasteiger partial charge on any atom is 0.312 e. The third-order valence-electron chi connectivity index (χ3n) is 2.85. The molecule has 6 nitrogen and oxygen atoms in total. The third kappa shape index (κ3) is 3.17. The Bertz CT molecular complexity index is 500. The van der Waals surface area contributed by atoms with Gasteiger partial charge >= 0.3 is 5.69 Å². The fourth-order valence-electron chi connectivity index (χ4n) is 1.19. The number of hydrogen-bond acceptors (Lipinski definition) is 5. The summed E-state index contributed by atoms with van der Waals surface area (Å²) in [5, 5.41) is 22.7. The highest BCUT2D eigenvalue weighted by molar-refractivity contribution is 5.58. The normalized spacial score (nSPS) is 12.6. The van der Waals surface area contributed by atoms with E-state index in [1.165, 1.54) is 12.3 Å². The van der Waals surface area contributed by atoms with Crippen LogP contribution in [0.5, 0.6) is 0 Å². The number of hydrogen-bond donors (Lipinski definition) is 1. The van der Waals surface area contributed by atoms with Crippen LogP contribution in [0.2, 0.25) is 0 Å². The molecule has 0 aliphatic heterocycles. The molecule has 0 amide bonds. The highest BCUT2D eigenvalue weighted by Gasteiger charge is 2.24. The number of nitrogens with zero attached hydrogens (tertiary/aromatic N) is 3. The first kappa shape index (κ1) is 13.9. The van der Waals surface area contributed by atoms with Gasteiger partial charge in [0.05, 0.1) is 10.5 Å². The Morgan fingerprint density at radius 1 is 1.56 bits per heavy atom. The Hall–Kier alpha value is -2.16. The summed E-state index contributed by atoms with van der Waals surface area (Å²) in [6, 6.07) is 3.08. The van der Waals surface area contributed by atoms with E-state index in [-0.39, 0.29) is 28.5 Å². The fraction of sp³-hybridized carbons (Fsp3) is 0.500. The van der Waals surface area contributed by atoms with Crippen LogP contribution in [-0.4, -0.2) is 15.9 Å². The maximum absolute atomic E-state index is 10.9. The number of rotatable bonds is 3. The molecule has 0 fully saturated rings. The standard InChI is InChI=1S/C12H16N4O2/c1-8(12(2,3)4)15-11-10(16(17)18)5-9(6-13)7-14-11/h5,7-8H,1-4H3,(H,14,15). The third-order valence-corrected chi connectivity index (χ3v) is 2.85. The summed E-state index contributed by atoms with van der Waals surface area (Å²) in [5.41, 5.74) is -0.0514. The highest BCUT2D eigenvalue weighted by Crippen LogP contribution is 2.27. The zero-order chi connectivity index (χ0) is 13.9. The predicted molar refractivity (Wildman–Crippen MR) is 68.1 cm³/mol. The van der Waals surface area contributed by atoms with E-state index in [9.17, 15) is 10.1 Å². The van der Waals surface area contributed by atoms with Crippen molar-refractivity contribution in [3.63, 3.8) is 0 Å². The van der Waals surface area contributed by atoms with Crippen LogP contribution in [0.3, 0.4) is 0 Å². The van der Waals surface area contributed by atoms with Gasteiger partial charge in [-0.05, 0) is 12.3 Å².